The molecule has 0 aromatic carbocycles. The Morgan fingerprint density at radius 1 is 1.37 bits per heavy atom. The molecule has 1 aliphatic heterocycles. The summed E-state index contributed by atoms with van der Waals surface area (Å²) in [4.78, 5) is 27.7. The van der Waals surface area contributed by atoms with Gasteiger partial charge in [0, 0.05) is 56.4 Å². The first-order valence-corrected chi connectivity index (χ1v) is 10.6. The number of nitrogens with zero attached hydrogens (tertiary/aromatic N) is 2. The molecule has 3 heterocycles. The number of nitrogens with one attached hydrogen (secondary N) is 3. The Bertz CT molecular complexity index is 889. The van der Waals surface area contributed by atoms with Gasteiger partial charge in [0.1, 0.15) is 11.8 Å². The average molecular weight is 415 g/mol. The number of hydrogen-bond acceptors (Lipinski definition) is 5. The third-order valence-corrected chi connectivity index (χ3v) is 5.82. The van der Waals surface area contributed by atoms with Crippen molar-refractivity contribution in [3.05, 3.63) is 30.1 Å². The Kier molecular flexibility index (Phi) is 6.49. The average Bonchev–Trinajstić information content (AvgIpc) is 3.54. The van der Waals surface area contributed by atoms with Crippen LogP contribution in [-0.2, 0) is 16.1 Å². The van der Waals surface area contributed by atoms with Crippen LogP contribution in [0.4, 0.5) is 4.79 Å². The summed E-state index contributed by atoms with van der Waals surface area (Å²) in [7, 11) is 0. The molecule has 2 aromatic rings. The smallest absolute Gasteiger partial charge is 0.404 e. The zero-order valence-electron chi connectivity index (χ0n) is 17.0. The van der Waals surface area contributed by atoms with E-state index in [1.165, 1.54) is 5.56 Å². The van der Waals surface area contributed by atoms with Crippen molar-refractivity contribution in [2.24, 2.45) is 5.92 Å². The molecule has 2 atom stereocenters. The minimum Gasteiger partial charge on any atom is -0.465 e. The normalized spacial score (nSPS) is 20.1. The molecular formula is C21H29N5O4. The summed E-state index contributed by atoms with van der Waals surface area (Å²) in [6.07, 6.45) is 5.49. The fourth-order valence-corrected chi connectivity index (χ4v) is 4.15. The molecule has 0 spiro atoms. The van der Waals surface area contributed by atoms with Crippen LogP contribution in [0.1, 0.15) is 30.7 Å². The summed E-state index contributed by atoms with van der Waals surface area (Å²) in [5.41, 5.74) is 2.11. The van der Waals surface area contributed by atoms with Crippen LogP contribution in [0.15, 0.2) is 24.5 Å². The minimum atomic E-state index is -1.01. The van der Waals surface area contributed by atoms with E-state index in [0.29, 0.717) is 45.1 Å². The van der Waals surface area contributed by atoms with Crippen LogP contribution in [-0.4, -0.2) is 65.5 Å². The molecule has 162 valence electrons. The lowest BCUT2D eigenvalue weighted by Gasteiger charge is -2.24. The van der Waals surface area contributed by atoms with Crippen LogP contribution < -0.4 is 16.0 Å². The van der Waals surface area contributed by atoms with Gasteiger partial charge < -0.3 is 30.4 Å². The molecule has 2 aromatic heterocycles. The molecule has 2 fully saturated rings. The Balaban J connectivity index is 1.47. The molecule has 0 unspecified atom stereocenters. The van der Waals surface area contributed by atoms with Crippen LogP contribution in [0, 0.1) is 5.92 Å². The van der Waals surface area contributed by atoms with Crippen LogP contribution in [0.3, 0.4) is 0 Å². The van der Waals surface area contributed by atoms with Gasteiger partial charge in [0.15, 0.2) is 0 Å². The quantitative estimate of drug-likeness (QED) is 0.459. The zero-order chi connectivity index (χ0) is 20.9. The number of carbonyl (C=O) groups excluding carboxylic acids is 1. The number of aromatic nitrogens is 2. The second-order valence-electron chi connectivity index (χ2n) is 7.99. The molecule has 9 heteroatoms. The first kappa shape index (κ1) is 20.6. The van der Waals surface area contributed by atoms with E-state index in [1.807, 2.05) is 6.07 Å². The molecule has 2 amide bonds. The highest BCUT2D eigenvalue weighted by molar-refractivity contribution is 5.83. The maximum Gasteiger partial charge on any atom is 0.404 e. The Labute approximate surface area is 175 Å². The number of carboxylic acid groups (broad SMARTS) is 1. The van der Waals surface area contributed by atoms with E-state index < -0.39 is 12.2 Å². The van der Waals surface area contributed by atoms with Crippen molar-refractivity contribution in [2.45, 2.75) is 37.8 Å². The molecule has 0 radical (unpaired) electrons. The van der Waals surface area contributed by atoms with Crippen molar-refractivity contribution >= 4 is 23.0 Å². The van der Waals surface area contributed by atoms with Gasteiger partial charge in [-0.05, 0) is 42.9 Å². The Morgan fingerprint density at radius 2 is 2.23 bits per heavy atom. The van der Waals surface area contributed by atoms with Crippen molar-refractivity contribution in [3.63, 3.8) is 0 Å². The van der Waals surface area contributed by atoms with E-state index in [1.54, 1.807) is 6.20 Å². The Hall–Kier alpha value is -2.65. The summed E-state index contributed by atoms with van der Waals surface area (Å²) < 4.78 is 7.66. The molecule has 1 aliphatic carbocycles. The maximum absolute atomic E-state index is 12.5. The highest BCUT2D eigenvalue weighted by Gasteiger charge is 2.35. The van der Waals surface area contributed by atoms with Gasteiger partial charge in [-0.3, -0.25) is 4.79 Å². The molecule has 1 saturated heterocycles. The minimum absolute atomic E-state index is 0.0607. The van der Waals surface area contributed by atoms with Gasteiger partial charge in [-0.2, -0.15) is 0 Å². The summed E-state index contributed by atoms with van der Waals surface area (Å²) in [6.45, 7) is 3.54. The topological polar surface area (TPSA) is 118 Å². The third-order valence-electron chi connectivity index (χ3n) is 5.82. The lowest BCUT2D eigenvalue weighted by Crippen LogP contribution is -2.48. The standard InChI is InChI=1S/C21H29N5O4/c27-20(18-12-22-8-10-30-18)25-11-16(14-4-5-14)17-13-26(9-2-7-24-21(28)29)19-15(17)3-1-6-23-19/h1,3,6,13-14,16,18,22,24H,2,4-5,7-12H2,(H,25,27)(H,28,29)/t16-,18+/m0/s1. The van der Waals surface area contributed by atoms with Gasteiger partial charge >= 0.3 is 6.09 Å². The number of morpholine rings is 1. The number of ether oxygens (including phenoxy) is 1. The first-order chi connectivity index (χ1) is 14.6. The van der Waals surface area contributed by atoms with Crippen molar-refractivity contribution in [3.8, 4) is 0 Å². The Morgan fingerprint density at radius 3 is 2.97 bits per heavy atom. The fourth-order valence-electron chi connectivity index (χ4n) is 4.15. The maximum atomic E-state index is 12.5. The van der Waals surface area contributed by atoms with E-state index >= 15 is 0 Å². The molecule has 4 N–H and O–H groups in total. The van der Waals surface area contributed by atoms with E-state index in [9.17, 15) is 9.59 Å². The van der Waals surface area contributed by atoms with Crippen molar-refractivity contribution < 1.29 is 19.4 Å². The van der Waals surface area contributed by atoms with Gasteiger partial charge in [-0.15, -0.1) is 0 Å². The van der Waals surface area contributed by atoms with E-state index in [4.69, 9.17) is 9.84 Å². The number of hydrogen-bond donors (Lipinski definition) is 4. The highest BCUT2D eigenvalue weighted by atomic mass is 16.5. The van der Waals surface area contributed by atoms with Crippen molar-refractivity contribution in [2.75, 3.05) is 32.8 Å². The van der Waals surface area contributed by atoms with E-state index in [2.05, 4.69) is 37.8 Å². The predicted octanol–water partition coefficient (Wildman–Crippen LogP) is 1.29. The van der Waals surface area contributed by atoms with Crippen LogP contribution in [0.25, 0.3) is 11.0 Å². The number of aryl methyl sites for hydroxylation is 1. The second kappa shape index (κ2) is 9.44. The summed E-state index contributed by atoms with van der Waals surface area (Å²) in [5, 5.41) is 18.5. The number of amides is 2. The van der Waals surface area contributed by atoms with Crippen LogP contribution in [0.2, 0.25) is 0 Å². The summed E-state index contributed by atoms with van der Waals surface area (Å²) in [6, 6.07) is 4.02. The number of fused-ring (bicyclic) bond motifs is 1. The number of carbonyl (C=O) groups is 2. The number of rotatable bonds is 9. The molecule has 2 aliphatic rings. The van der Waals surface area contributed by atoms with Gasteiger partial charge in [0.2, 0.25) is 5.91 Å². The van der Waals surface area contributed by atoms with Gasteiger partial charge in [-0.1, -0.05) is 0 Å². The van der Waals surface area contributed by atoms with Gasteiger partial charge in [-0.25, -0.2) is 9.78 Å². The van der Waals surface area contributed by atoms with Crippen LogP contribution >= 0.6 is 0 Å². The molecule has 1 saturated carbocycles. The molecular weight excluding hydrogens is 386 g/mol. The van der Waals surface area contributed by atoms with Crippen molar-refractivity contribution in [1.29, 1.82) is 0 Å². The second-order valence-corrected chi connectivity index (χ2v) is 7.99. The molecule has 4 rings (SSSR count). The SMILES string of the molecule is O=C(O)NCCCn1cc([C@@H](CNC(=O)[C@H]2CNCCO2)C2CC2)c2cccnc21. The number of pyridine rings is 1. The lowest BCUT2D eigenvalue weighted by atomic mass is 9.94. The predicted molar refractivity (Wildman–Crippen MR) is 111 cm³/mol. The van der Waals surface area contributed by atoms with E-state index in [-0.39, 0.29) is 11.8 Å². The van der Waals surface area contributed by atoms with Gasteiger partial charge in [0.05, 0.1) is 6.61 Å². The third kappa shape index (κ3) is 4.91. The first-order valence-electron chi connectivity index (χ1n) is 10.6. The summed E-state index contributed by atoms with van der Waals surface area (Å²) in [5.74, 6) is 0.730. The monoisotopic (exact) mass is 415 g/mol. The molecule has 0 bridgehead atoms. The van der Waals surface area contributed by atoms with Crippen molar-refractivity contribution in [1.82, 2.24) is 25.5 Å². The highest BCUT2D eigenvalue weighted by Crippen LogP contribution is 2.44. The summed E-state index contributed by atoms with van der Waals surface area (Å²) >= 11 is 0. The largest absolute Gasteiger partial charge is 0.465 e. The molecule has 9 nitrogen and oxygen atoms in total. The van der Waals surface area contributed by atoms with E-state index in [0.717, 1.165) is 30.4 Å². The van der Waals surface area contributed by atoms with Crippen LogP contribution in [0.5, 0.6) is 0 Å². The van der Waals surface area contributed by atoms with Gasteiger partial charge in [0.25, 0.3) is 0 Å². The lowest BCUT2D eigenvalue weighted by molar-refractivity contribution is -0.134. The molecule has 30 heavy (non-hydrogen) atoms. The fraction of sp³-hybridized carbons (Fsp3) is 0.571. The zero-order valence-corrected chi connectivity index (χ0v) is 17.0.